The molecule has 1 aliphatic rings. The van der Waals surface area contributed by atoms with Crippen LogP contribution in [0.25, 0.3) is 0 Å². The maximum Gasteiger partial charge on any atom is 0.0364 e. The van der Waals surface area contributed by atoms with Gasteiger partial charge in [-0.1, -0.05) is 19.8 Å². The summed E-state index contributed by atoms with van der Waals surface area (Å²) in [5.41, 5.74) is 0. The van der Waals surface area contributed by atoms with Crippen molar-refractivity contribution >= 4 is 23.4 Å². The molecule has 2 unspecified atom stereocenters. The molecule has 0 aliphatic heterocycles. The second-order valence-corrected chi connectivity index (χ2v) is 5.50. The highest BCUT2D eigenvalue weighted by atomic mass is 35.5. The fraction of sp³-hybridized carbons (Fsp3) is 1.00. The van der Waals surface area contributed by atoms with Crippen molar-refractivity contribution in [2.24, 2.45) is 5.92 Å². The van der Waals surface area contributed by atoms with E-state index in [1.165, 1.54) is 43.6 Å². The van der Waals surface area contributed by atoms with Crippen molar-refractivity contribution in [1.29, 1.82) is 0 Å². The third-order valence-electron chi connectivity index (χ3n) is 2.65. The standard InChI is InChI=1S/C10H19ClS/c1-2-12-8-7-9-5-3-4-6-10(9)11/h9-10H,2-8H2,1H3. The van der Waals surface area contributed by atoms with Crippen LogP contribution in [0.2, 0.25) is 0 Å². The third-order valence-corrected chi connectivity index (χ3v) is 4.16. The van der Waals surface area contributed by atoms with E-state index in [-0.39, 0.29) is 0 Å². The summed E-state index contributed by atoms with van der Waals surface area (Å²) >= 11 is 8.30. The van der Waals surface area contributed by atoms with Gasteiger partial charge >= 0.3 is 0 Å². The predicted molar refractivity (Wildman–Crippen MR) is 59.2 cm³/mol. The second kappa shape index (κ2) is 6.15. The van der Waals surface area contributed by atoms with Crippen molar-refractivity contribution in [3.8, 4) is 0 Å². The Labute approximate surface area is 85.4 Å². The Morgan fingerprint density at radius 2 is 2.08 bits per heavy atom. The molecule has 0 spiro atoms. The van der Waals surface area contributed by atoms with Gasteiger partial charge in [-0.3, -0.25) is 0 Å². The lowest BCUT2D eigenvalue weighted by molar-refractivity contribution is 0.358. The molecule has 0 radical (unpaired) electrons. The number of halogens is 1. The molecule has 12 heavy (non-hydrogen) atoms. The molecule has 0 aromatic carbocycles. The van der Waals surface area contributed by atoms with Crippen molar-refractivity contribution in [2.75, 3.05) is 11.5 Å². The van der Waals surface area contributed by atoms with Gasteiger partial charge in [0.25, 0.3) is 0 Å². The topological polar surface area (TPSA) is 0 Å². The summed E-state index contributed by atoms with van der Waals surface area (Å²) in [7, 11) is 0. The first-order valence-corrected chi connectivity index (χ1v) is 6.65. The molecule has 0 bridgehead atoms. The maximum absolute atomic E-state index is 6.25. The van der Waals surface area contributed by atoms with Crippen LogP contribution in [0, 0.1) is 5.92 Å². The summed E-state index contributed by atoms with van der Waals surface area (Å²) in [6.45, 7) is 2.23. The molecule has 0 nitrogen and oxygen atoms in total. The van der Waals surface area contributed by atoms with E-state index >= 15 is 0 Å². The fourth-order valence-electron chi connectivity index (χ4n) is 1.87. The zero-order valence-corrected chi connectivity index (χ0v) is 9.46. The fourth-order valence-corrected chi connectivity index (χ4v) is 3.03. The lowest BCUT2D eigenvalue weighted by Crippen LogP contribution is -2.20. The maximum atomic E-state index is 6.25. The van der Waals surface area contributed by atoms with Crippen LogP contribution < -0.4 is 0 Å². The molecule has 0 heterocycles. The number of thioether (sulfide) groups is 1. The molecule has 0 saturated heterocycles. The van der Waals surface area contributed by atoms with E-state index < -0.39 is 0 Å². The van der Waals surface area contributed by atoms with Gasteiger partial charge in [0.15, 0.2) is 0 Å². The smallest absolute Gasteiger partial charge is 0.0364 e. The minimum absolute atomic E-state index is 0.483. The first-order valence-electron chi connectivity index (χ1n) is 5.06. The Hall–Kier alpha value is 0.640. The van der Waals surface area contributed by atoms with Crippen LogP contribution in [0.5, 0.6) is 0 Å². The summed E-state index contributed by atoms with van der Waals surface area (Å²) in [6, 6.07) is 0. The molecule has 0 N–H and O–H groups in total. The SMILES string of the molecule is CCSCCC1CCCCC1Cl. The molecule has 2 atom stereocenters. The van der Waals surface area contributed by atoms with Crippen molar-refractivity contribution < 1.29 is 0 Å². The van der Waals surface area contributed by atoms with Crippen LogP contribution in [-0.4, -0.2) is 16.9 Å². The van der Waals surface area contributed by atoms with E-state index in [4.69, 9.17) is 11.6 Å². The first kappa shape index (κ1) is 10.7. The first-order chi connectivity index (χ1) is 5.84. The minimum atomic E-state index is 0.483. The molecule has 0 aromatic heterocycles. The minimum Gasteiger partial charge on any atom is -0.162 e. The molecule has 1 rings (SSSR count). The van der Waals surface area contributed by atoms with Gasteiger partial charge in [-0.15, -0.1) is 11.6 Å². The van der Waals surface area contributed by atoms with Gasteiger partial charge in [0, 0.05) is 5.38 Å². The summed E-state index contributed by atoms with van der Waals surface area (Å²) in [4.78, 5) is 0. The van der Waals surface area contributed by atoms with Gasteiger partial charge in [-0.2, -0.15) is 11.8 Å². The van der Waals surface area contributed by atoms with Gasteiger partial charge in [0.05, 0.1) is 0 Å². The van der Waals surface area contributed by atoms with Crippen LogP contribution in [-0.2, 0) is 0 Å². The Balaban J connectivity index is 2.11. The van der Waals surface area contributed by atoms with Crippen LogP contribution >= 0.6 is 23.4 Å². The van der Waals surface area contributed by atoms with Crippen molar-refractivity contribution in [2.45, 2.75) is 44.4 Å². The zero-order valence-electron chi connectivity index (χ0n) is 7.89. The van der Waals surface area contributed by atoms with Gasteiger partial charge in [0.2, 0.25) is 0 Å². The molecule has 1 saturated carbocycles. The molecule has 0 aromatic rings. The molecule has 0 amide bonds. The van der Waals surface area contributed by atoms with E-state index in [1.807, 2.05) is 11.8 Å². The highest BCUT2D eigenvalue weighted by Crippen LogP contribution is 2.31. The zero-order chi connectivity index (χ0) is 8.81. The number of rotatable bonds is 4. The molecular formula is C10H19ClS. The third kappa shape index (κ3) is 3.57. The second-order valence-electron chi connectivity index (χ2n) is 3.55. The molecule has 72 valence electrons. The van der Waals surface area contributed by atoms with Crippen LogP contribution in [0.3, 0.4) is 0 Å². The Morgan fingerprint density at radius 3 is 2.75 bits per heavy atom. The van der Waals surface area contributed by atoms with Crippen LogP contribution in [0.1, 0.15) is 39.0 Å². The quantitative estimate of drug-likeness (QED) is 0.496. The molecule has 1 fully saturated rings. The highest BCUT2D eigenvalue weighted by molar-refractivity contribution is 7.99. The number of hydrogen-bond donors (Lipinski definition) is 0. The van der Waals surface area contributed by atoms with E-state index in [0.717, 1.165) is 5.92 Å². The van der Waals surface area contributed by atoms with Crippen LogP contribution in [0.15, 0.2) is 0 Å². The largest absolute Gasteiger partial charge is 0.162 e. The van der Waals surface area contributed by atoms with E-state index in [1.54, 1.807) is 0 Å². The number of hydrogen-bond acceptors (Lipinski definition) is 1. The average Bonchev–Trinajstić information content (AvgIpc) is 2.09. The van der Waals surface area contributed by atoms with E-state index in [0.29, 0.717) is 5.38 Å². The lowest BCUT2D eigenvalue weighted by Gasteiger charge is -2.26. The molecular weight excluding hydrogens is 188 g/mol. The summed E-state index contributed by atoms with van der Waals surface area (Å²) in [5, 5.41) is 0.483. The lowest BCUT2D eigenvalue weighted by atomic mass is 9.87. The summed E-state index contributed by atoms with van der Waals surface area (Å²) < 4.78 is 0. The van der Waals surface area contributed by atoms with E-state index in [2.05, 4.69) is 6.92 Å². The normalized spacial score (nSPS) is 30.5. The Morgan fingerprint density at radius 1 is 1.33 bits per heavy atom. The monoisotopic (exact) mass is 206 g/mol. The molecule has 1 aliphatic carbocycles. The van der Waals surface area contributed by atoms with Gasteiger partial charge < -0.3 is 0 Å². The number of alkyl halides is 1. The van der Waals surface area contributed by atoms with Gasteiger partial charge in [-0.05, 0) is 36.7 Å². The average molecular weight is 207 g/mol. The van der Waals surface area contributed by atoms with Gasteiger partial charge in [0.1, 0.15) is 0 Å². The highest BCUT2D eigenvalue weighted by Gasteiger charge is 2.22. The predicted octanol–water partition coefficient (Wildman–Crippen LogP) is 3.93. The summed E-state index contributed by atoms with van der Waals surface area (Å²) in [5.74, 6) is 3.38. The van der Waals surface area contributed by atoms with Gasteiger partial charge in [-0.25, -0.2) is 0 Å². The van der Waals surface area contributed by atoms with Crippen molar-refractivity contribution in [1.82, 2.24) is 0 Å². The van der Waals surface area contributed by atoms with Crippen molar-refractivity contribution in [3.63, 3.8) is 0 Å². The Bertz CT molecular complexity index is 116. The summed E-state index contributed by atoms with van der Waals surface area (Å²) in [6.07, 6.45) is 6.73. The van der Waals surface area contributed by atoms with Crippen molar-refractivity contribution in [3.05, 3.63) is 0 Å². The molecule has 2 heteroatoms. The van der Waals surface area contributed by atoms with E-state index in [9.17, 15) is 0 Å². The Kier molecular flexibility index (Phi) is 5.49. The van der Waals surface area contributed by atoms with Crippen LogP contribution in [0.4, 0.5) is 0 Å².